The number of amides is 1. The maximum absolute atomic E-state index is 11.6. The van der Waals surface area contributed by atoms with Gasteiger partial charge < -0.3 is 16.4 Å². The van der Waals surface area contributed by atoms with Crippen molar-refractivity contribution in [1.29, 1.82) is 0 Å². The molecule has 3 heterocycles. The number of nitrogens with one attached hydrogen (secondary N) is 1. The molecule has 1 amide bonds. The predicted octanol–water partition coefficient (Wildman–Crippen LogP) is 0.778. The van der Waals surface area contributed by atoms with E-state index in [0.29, 0.717) is 30.6 Å². The van der Waals surface area contributed by atoms with Crippen LogP contribution in [0.3, 0.4) is 0 Å². The molecule has 0 unspecified atom stereocenters. The number of nitrogens with two attached hydrogens (primary N) is 2. The minimum atomic E-state index is -0.732. The van der Waals surface area contributed by atoms with Gasteiger partial charge in [0.25, 0.3) is 11.6 Å². The van der Waals surface area contributed by atoms with Crippen molar-refractivity contribution in [1.82, 2.24) is 15.2 Å². The Morgan fingerprint density at radius 2 is 2.08 bits per heavy atom. The average Bonchev–Trinajstić information content (AvgIpc) is 3.01. The fourth-order valence-corrected chi connectivity index (χ4v) is 2.94. The van der Waals surface area contributed by atoms with Gasteiger partial charge in [0, 0.05) is 36.8 Å². The highest BCUT2D eigenvalue weighted by atomic mass is 16.6. The number of carbonyl (C=O) groups excluding carboxylic acids is 1. The molecule has 5 N–H and O–H groups in total. The highest BCUT2D eigenvalue weighted by Gasteiger charge is 2.26. The molecule has 0 aliphatic carbocycles. The van der Waals surface area contributed by atoms with E-state index in [-0.39, 0.29) is 11.3 Å². The zero-order valence-corrected chi connectivity index (χ0v) is 12.8. The first-order valence-corrected chi connectivity index (χ1v) is 7.45. The first-order chi connectivity index (χ1) is 11.5. The third kappa shape index (κ3) is 2.98. The molecule has 10 nitrogen and oxygen atoms in total. The summed E-state index contributed by atoms with van der Waals surface area (Å²) in [7, 11) is 0. The number of nitrogen functional groups attached to an aromatic ring is 1. The quantitative estimate of drug-likeness (QED) is 0.551. The van der Waals surface area contributed by atoms with Gasteiger partial charge in [0.1, 0.15) is 17.8 Å². The number of aromatic nitrogens is 3. The second kappa shape index (κ2) is 6.14. The van der Waals surface area contributed by atoms with Gasteiger partial charge in [-0.25, -0.2) is 4.98 Å². The van der Waals surface area contributed by atoms with Crippen LogP contribution in [-0.2, 0) is 0 Å². The van der Waals surface area contributed by atoms with Crippen molar-refractivity contribution < 1.29 is 9.72 Å². The Labute approximate surface area is 137 Å². The van der Waals surface area contributed by atoms with E-state index < -0.39 is 10.8 Å². The first kappa shape index (κ1) is 15.7. The van der Waals surface area contributed by atoms with Gasteiger partial charge in [-0.15, -0.1) is 0 Å². The predicted molar refractivity (Wildman–Crippen MR) is 86.6 cm³/mol. The van der Waals surface area contributed by atoms with Crippen molar-refractivity contribution in [3.05, 3.63) is 39.7 Å². The zero-order valence-electron chi connectivity index (χ0n) is 12.8. The molecular formula is C14H17N7O3. The van der Waals surface area contributed by atoms with E-state index in [2.05, 4.69) is 15.2 Å². The fraction of sp³-hybridized carbons (Fsp3) is 0.357. The number of aromatic amines is 1. The Balaban J connectivity index is 1.78. The Kier molecular flexibility index (Phi) is 4.02. The largest absolute Gasteiger partial charge is 0.382 e. The lowest BCUT2D eigenvalue weighted by Gasteiger charge is -2.33. The monoisotopic (exact) mass is 331 g/mol. The van der Waals surface area contributed by atoms with Gasteiger partial charge >= 0.3 is 0 Å². The Hall–Kier alpha value is -3.17. The molecule has 0 bridgehead atoms. The van der Waals surface area contributed by atoms with Crippen LogP contribution >= 0.6 is 0 Å². The summed E-state index contributed by atoms with van der Waals surface area (Å²) in [5, 5.41) is 17.7. The summed E-state index contributed by atoms with van der Waals surface area (Å²) in [5.41, 5.74) is 11.8. The second-order valence-electron chi connectivity index (χ2n) is 5.70. The minimum Gasteiger partial charge on any atom is -0.382 e. The topological polar surface area (TPSA) is 157 Å². The lowest BCUT2D eigenvalue weighted by atomic mass is 9.93. The van der Waals surface area contributed by atoms with E-state index in [0.717, 1.165) is 24.7 Å². The molecule has 2 aromatic heterocycles. The van der Waals surface area contributed by atoms with Crippen molar-refractivity contribution in [2.75, 3.05) is 23.7 Å². The molecule has 0 aromatic carbocycles. The number of hydrogen-bond donors (Lipinski definition) is 3. The number of anilines is 2. The third-order valence-electron chi connectivity index (χ3n) is 4.18. The van der Waals surface area contributed by atoms with Gasteiger partial charge in [0.2, 0.25) is 0 Å². The summed E-state index contributed by atoms with van der Waals surface area (Å²) in [6, 6.07) is 2.99. The van der Waals surface area contributed by atoms with Crippen LogP contribution in [0.1, 0.15) is 34.8 Å². The van der Waals surface area contributed by atoms with E-state index >= 15 is 0 Å². The minimum absolute atomic E-state index is 0.0634. The number of rotatable bonds is 4. The maximum Gasteiger partial charge on any atom is 0.288 e. The Morgan fingerprint density at radius 1 is 1.38 bits per heavy atom. The van der Waals surface area contributed by atoms with Crippen LogP contribution in [0.4, 0.5) is 17.3 Å². The lowest BCUT2D eigenvalue weighted by molar-refractivity contribution is -0.385. The number of piperidine rings is 1. The molecule has 0 radical (unpaired) electrons. The molecule has 24 heavy (non-hydrogen) atoms. The summed E-state index contributed by atoms with van der Waals surface area (Å²) in [4.78, 5) is 27.9. The van der Waals surface area contributed by atoms with Gasteiger partial charge in [-0.1, -0.05) is 0 Å². The van der Waals surface area contributed by atoms with E-state index in [1.807, 2.05) is 11.0 Å². The van der Waals surface area contributed by atoms with Gasteiger partial charge in [-0.2, -0.15) is 5.10 Å². The van der Waals surface area contributed by atoms with Crippen LogP contribution in [0, 0.1) is 10.1 Å². The summed E-state index contributed by atoms with van der Waals surface area (Å²) in [6.45, 7) is 1.30. The molecule has 3 rings (SSSR count). The molecule has 0 atom stereocenters. The second-order valence-corrected chi connectivity index (χ2v) is 5.70. The molecule has 126 valence electrons. The van der Waals surface area contributed by atoms with Gasteiger partial charge in [-0.05, 0) is 12.8 Å². The fourth-order valence-electron chi connectivity index (χ4n) is 2.94. The average molecular weight is 331 g/mol. The standard InChI is InChI=1S/C14H17N7O3/c15-12-6-11(18-19-12)8-1-3-20(4-2-8)14-10(13(16)22)5-9(7-17-14)21(23)24/h5-8H,1-4H2,(H2,16,22)(H3,15,18,19). The van der Waals surface area contributed by atoms with Crippen molar-refractivity contribution in [3.8, 4) is 0 Å². The summed E-state index contributed by atoms with van der Waals surface area (Å²) in [6.07, 6.45) is 2.78. The van der Waals surface area contributed by atoms with E-state index in [1.165, 1.54) is 6.07 Å². The smallest absolute Gasteiger partial charge is 0.288 e. The van der Waals surface area contributed by atoms with Gasteiger partial charge in [-0.3, -0.25) is 20.0 Å². The SMILES string of the molecule is NC(=O)c1cc([N+](=O)[O-])cnc1N1CCC(c2cc(N)n[nH]2)CC1. The van der Waals surface area contributed by atoms with Gasteiger partial charge in [0.15, 0.2) is 0 Å². The molecule has 2 aromatic rings. The number of primary amides is 1. The Morgan fingerprint density at radius 3 is 2.62 bits per heavy atom. The summed E-state index contributed by atoms with van der Waals surface area (Å²) >= 11 is 0. The van der Waals surface area contributed by atoms with Crippen LogP contribution in [0.5, 0.6) is 0 Å². The van der Waals surface area contributed by atoms with Crippen molar-refractivity contribution in [2.45, 2.75) is 18.8 Å². The van der Waals surface area contributed by atoms with Crippen molar-refractivity contribution in [3.63, 3.8) is 0 Å². The van der Waals surface area contributed by atoms with Gasteiger partial charge in [0.05, 0.1) is 10.5 Å². The molecule has 1 aliphatic rings. The van der Waals surface area contributed by atoms with E-state index in [9.17, 15) is 14.9 Å². The summed E-state index contributed by atoms with van der Waals surface area (Å²) in [5.74, 6) is 0.405. The van der Waals surface area contributed by atoms with Crippen LogP contribution < -0.4 is 16.4 Å². The lowest BCUT2D eigenvalue weighted by Crippen LogP contribution is -2.35. The van der Waals surface area contributed by atoms with Crippen LogP contribution in [0.2, 0.25) is 0 Å². The number of carbonyl (C=O) groups is 1. The number of hydrogen-bond acceptors (Lipinski definition) is 7. The number of nitrogens with zero attached hydrogens (tertiary/aromatic N) is 4. The Bertz CT molecular complexity index is 780. The summed E-state index contributed by atoms with van der Waals surface area (Å²) < 4.78 is 0. The molecule has 1 aliphatic heterocycles. The third-order valence-corrected chi connectivity index (χ3v) is 4.18. The molecular weight excluding hydrogens is 314 g/mol. The zero-order chi connectivity index (χ0) is 17.3. The normalized spacial score (nSPS) is 15.4. The van der Waals surface area contributed by atoms with Crippen LogP contribution in [-0.4, -0.2) is 39.1 Å². The first-order valence-electron chi connectivity index (χ1n) is 7.45. The molecule has 1 fully saturated rings. The van der Waals surface area contributed by atoms with Crippen LogP contribution in [0.25, 0.3) is 0 Å². The maximum atomic E-state index is 11.6. The molecule has 10 heteroatoms. The van der Waals surface area contributed by atoms with E-state index in [4.69, 9.17) is 11.5 Å². The van der Waals surface area contributed by atoms with Crippen molar-refractivity contribution >= 4 is 23.2 Å². The van der Waals surface area contributed by atoms with Crippen LogP contribution in [0.15, 0.2) is 18.3 Å². The molecule has 0 spiro atoms. The number of pyridine rings is 1. The molecule has 0 saturated carbocycles. The van der Waals surface area contributed by atoms with E-state index in [1.54, 1.807) is 0 Å². The highest BCUT2D eigenvalue weighted by molar-refractivity contribution is 5.98. The number of H-pyrrole nitrogens is 1. The highest BCUT2D eigenvalue weighted by Crippen LogP contribution is 2.31. The molecule has 1 saturated heterocycles. The number of nitro groups is 1. The van der Waals surface area contributed by atoms with Crippen molar-refractivity contribution in [2.24, 2.45) is 5.73 Å².